The summed E-state index contributed by atoms with van der Waals surface area (Å²) < 4.78 is 0. The summed E-state index contributed by atoms with van der Waals surface area (Å²) in [6.07, 6.45) is 3.32. The molecule has 0 spiro atoms. The van der Waals surface area contributed by atoms with Gasteiger partial charge in [0.1, 0.15) is 0 Å². The van der Waals surface area contributed by atoms with Crippen molar-refractivity contribution in [3.8, 4) is 0 Å². The lowest BCUT2D eigenvalue weighted by atomic mass is 9.73. The van der Waals surface area contributed by atoms with Crippen molar-refractivity contribution < 1.29 is 5.11 Å². The Morgan fingerprint density at radius 2 is 2.18 bits per heavy atom. The van der Waals surface area contributed by atoms with E-state index in [4.69, 9.17) is 5.11 Å². The summed E-state index contributed by atoms with van der Waals surface area (Å²) in [6.45, 7) is 3.39. The van der Waals surface area contributed by atoms with Gasteiger partial charge in [-0.05, 0) is 44.7 Å². The smallest absolute Gasteiger partial charge is 0.0545 e. The molecule has 2 N–H and O–H groups in total. The van der Waals surface area contributed by atoms with Gasteiger partial charge in [0.25, 0.3) is 0 Å². The normalized spacial score (nSPS) is 33.0. The quantitative estimate of drug-likeness (QED) is 0.638. The highest BCUT2D eigenvalue weighted by Gasteiger charge is 2.30. The molecule has 1 atom stereocenters. The van der Waals surface area contributed by atoms with Crippen LogP contribution in [0.5, 0.6) is 0 Å². The third kappa shape index (κ3) is 2.46. The molecule has 2 nitrogen and oxygen atoms in total. The largest absolute Gasteiger partial charge is 0.393 e. The van der Waals surface area contributed by atoms with Crippen molar-refractivity contribution in [1.82, 2.24) is 5.32 Å². The van der Waals surface area contributed by atoms with Crippen molar-refractivity contribution in [1.29, 1.82) is 0 Å². The van der Waals surface area contributed by atoms with E-state index in [0.29, 0.717) is 0 Å². The van der Waals surface area contributed by atoms with Crippen LogP contribution in [0.1, 0.15) is 26.2 Å². The highest BCUT2D eigenvalue weighted by atomic mass is 16.3. The van der Waals surface area contributed by atoms with Gasteiger partial charge in [-0.1, -0.05) is 6.92 Å². The second-order valence-corrected chi connectivity index (χ2v) is 3.75. The molecule has 1 aliphatic rings. The molecule has 1 rings (SSSR count). The molecule has 1 aliphatic carbocycles. The van der Waals surface area contributed by atoms with Crippen LogP contribution in [0.3, 0.4) is 0 Å². The lowest BCUT2D eigenvalue weighted by Crippen LogP contribution is -2.33. The fourth-order valence-corrected chi connectivity index (χ4v) is 1.70. The SMILES string of the molecule is CNCCC(C)C1CC(O)C1. The fourth-order valence-electron chi connectivity index (χ4n) is 1.70. The van der Waals surface area contributed by atoms with Crippen LogP contribution in [0.25, 0.3) is 0 Å². The number of rotatable bonds is 4. The van der Waals surface area contributed by atoms with Crippen molar-refractivity contribution in [2.75, 3.05) is 13.6 Å². The van der Waals surface area contributed by atoms with Gasteiger partial charge in [0.2, 0.25) is 0 Å². The van der Waals surface area contributed by atoms with E-state index >= 15 is 0 Å². The third-order valence-corrected chi connectivity index (χ3v) is 2.80. The predicted octanol–water partition coefficient (Wildman–Crippen LogP) is 1.00. The Balaban J connectivity index is 2.06. The van der Waals surface area contributed by atoms with Crippen LogP contribution in [0, 0.1) is 11.8 Å². The first-order chi connectivity index (χ1) is 5.24. The Labute approximate surface area is 69.0 Å². The van der Waals surface area contributed by atoms with E-state index in [-0.39, 0.29) is 6.10 Å². The summed E-state index contributed by atoms with van der Waals surface area (Å²) in [5.41, 5.74) is 0. The first-order valence-electron chi connectivity index (χ1n) is 4.56. The maximum atomic E-state index is 9.08. The Morgan fingerprint density at radius 3 is 2.64 bits per heavy atom. The Hall–Kier alpha value is -0.0800. The summed E-state index contributed by atoms with van der Waals surface area (Å²) >= 11 is 0. The molecule has 1 fully saturated rings. The third-order valence-electron chi connectivity index (χ3n) is 2.80. The minimum Gasteiger partial charge on any atom is -0.393 e. The molecule has 1 unspecified atom stereocenters. The van der Waals surface area contributed by atoms with E-state index in [1.807, 2.05) is 7.05 Å². The van der Waals surface area contributed by atoms with Gasteiger partial charge in [-0.25, -0.2) is 0 Å². The van der Waals surface area contributed by atoms with Crippen molar-refractivity contribution in [2.45, 2.75) is 32.3 Å². The summed E-state index contributed by atoms with van der Waals surface area (Å²) in [5.74, 6) is 1.57. The van der Waals surface area contributed by atoms with Gasteiger partial charge in [-0.3, -0.25) is 0 Å². The number of hydrogen-bond donors (Lipinski definition) is 2. The molecular formula is C9H19NO. The van der Waals surface area contributed by atoms with Crippen LogP contribution in [0.4, 0.5) is 0 Å². The Morgan fingerprint density at radius 1 is 1.55 bits per heavy atom. The summed E-state index contributed by atoms with van der Waals surface area (Å²) in [4.78, 5) is 0. The maximum absolute atomic E-state index is 9.08. The van der Waals surface area contributed by atoms with Gasteiger partial charge < -0.3 is 10.4 Å². The van der Waals surface area contributed by atoms with Crippen molar-refractivity contribution in [3.05, 3.63) is 0 Å². The number of hydrogen-bond acceptors (Lipinski definition) is 2. The lowest BCUT2D eigenvalue weighted by molar-refractivity contribution is 0.0164. The number of aliphatic hydroxyl groups excluding tert-OH is 1. The molecule has 11 heavy (non-hydrogen) atoms. The molecule has 0 aromatic rings. The van der Waals surface area contributed by atoms with E-state index in [1.165, 1.54) is 6.42 Å². The van der Waals surface area contributed by atoms with Crippen LogP contribution < -0.4 is 5.32 Å². The Kier molecular flexibility index (Phi) is 3.34. The van der Waals surface area contributed by atoms with Gasteiger partial charge in [0.15, 0.2) is 0 Å². The van der Waals surface area contributed by atoms with Gasteiger partial charge >= 0.3 is 0 Å². The highest BCUT2D eigenvalue weighted by molar-refractivity contribution is 4.82. The zero-order chi connectivity index (χ0) is 8.27. The molecule has 0 aliphatic heterocycles. The number of aliphatic hydroxyl groups is 1. The lowest BCUT2D eigenvalue weighted by Gasteiger charge is -2.36. The van der Waals surface area contributed by atoms with E-state index in [9.17, 15) is 0 Å². The zero-order valence-electron chi connectivity index (χ0n) is 7.51. The molecule has 2 heteroatoms. The van der Waals surface area contributed by atoms with Crippen LogP contribution in [-0.2, 0) is 0 Å². The first kappa shape index (κ1) is 9.01. The maximum Gasteiger partial charge on any atom is 0.0545 e. The molecular weight excluding hydrogens is 138 g/mol. The van der Waals surface area contributed by atoms with Gasteiger partial charge in [-0.2, -0.15) is 0 Å². The second-order valence-electron chi connectivity index (χ2n) is 3.75. The summed E-state index contributed by atoms with van der Waals surface area (Å²) in [7, 11) is 1.99. The molecule has 0 amide bonds. The molecule has 0 radical (unpaired) electrons. The molecule has 66 valence electrons. The average Bonchev–Trinajstić information content (AvgIpc) is 1.94. The van der Waals surface area contributed by atoms with Gasteiger partial charge in [0, 0.05) is 0 Å². The Bertz CT molecular complexity index is 110. The van der Waals surface area contributed by atoms with Crippen molar-refractivity contribution in [2.24, 2.45) is 11.8 Å². The van der Waals surface area contributed by atoms with E-state index in [1.54, 1.807) is 0 Å². The predicted molar refractivity (Wildman–Crippen MR) is 46.4 cm³/mol. The van der Waals surface area contributed by atoms with Crippen molar-refractivity contribution >= 4 is 0 Å². The van der Waals surface area contributed by atoms with Gasteiger partial charge in [0.05, 0.1) is 6.10 Å². The topological polar surface area (TPSA) is 32.3 Å². The molecule has 0 aromatic carbocycles. The molecule has 0 bridgehead atoms. The van der Waals surface area contributed by atoms with Crippen LogP contribution in [-0.4, -0.2) is 24.8 Å². The monoisotopic (exact) mass is 157 g/mol. The fraction of sp³-hybridized carbons (Fsp3) is 1.00. The summed E-state index contributed by atoms with van der Waals surface area (Å²) in [5, 5.41) is 12.2. The number of nitrogens with one attached hydrogen (secondary N) is 1. The van der Waals surface area contributed by atoms with Gasteiger partial charge in [-0.15, -0.1) is 0 Å². The van der Waals surface area contributed by atoms with E-state index in [2.05, 4.69) is 12.2 Å². The minimum absolute atomic E-state index is 0.0111. The summed E-state index contributed by atoms with van der Waals surface area (Å²) in [6, 6.07) is 0. The van der Waals surface area contributed by atoms with E-state index < -0.39 is 0 Å². The molecule has 0 saturated heterocycles. The first-order valence-corrected chi connectivity index (χ1v) is 4.56. The molecule has 1 saturated carbocycles. The molecule has 0 aromatic heterocycles. The highest BCUT2D eigenvalue weighted by Crippen LogP contribution is 2.34. The molecule has 0 heterocycles. The van der Waals surface area contributed by atoms with Crippen LogP contribution in [0.2, 0.25) is 0 Å². The van der Waals surface area contributed by atoms with Crippen LogP contribution >= 0.6 is 0 Å². The van der Waals surface area contributed by atoms with Crippen molar-refractivity contribution in [3.63, 3.8) is 0 Å². The minimum atomic E-state index is 0.0111. The second kappa shape index (κ2) is 4.07. The van der Waals surface area contributed by atoms with E-state index in [0.717, 1.165) is 31.2 Å². The van der Waals surface area contributed by atoms with Crippen LogP contribution in [0.15, 0.2) is 0 Å². The standard InChI is InChI=1S/C9H19NO/c1-7(3-4-10-2)8-5-9(11)6-8/h7-11H,3-6H2,1-2H3. The zero-order valence-corrected chi connectivity index (χ0v) is 7.51. The average molecular weight is 157 g/mol.